The number of rotatable bonds is 3. The number of benzene rings is 1. The fraction of sp³-hybridized carbons (Fsp3) is 0.267. The third kappa shape index (κ3) is 2.86. The molecule has 0 saturated heterocycles. The SMILES string of the molecule is N#Cc1cc(CS(=O)(=O)N2CCc3cccc(O)c3C2)cs1. The zero-order valence-corrected chi connectivity index (χ0v) is 13.3. The van der Waals surface area contributed by atoms with Crippen LogP contribution in [0.15, 0.2) is 29.6 Å². The average Bonchev–Trinajstić information content (AvgIpc) is 2.94. The van der Waals surface area contributed by atoms with Gasteiger partial charge in [0.05, 0.1) is 5.75 Å². The molecule has 1 aromatic carbocycles. The zero-order valence-electron chi connectivity index (χ0n) is 11.7. The van der Waals surface area contributed by atoms with Gasteiger partial charge in [0.25, 0.3) is 0 Å². The molecule has 1 aliphatic heterocycles. The summed E-state index contributed by atoms with van der Waals surface area (Å²) in [6, 6.07) is 8.88. The third-order valence-corrected chi connectivity index (χ3v) is 6.40. The van der Waals surface area contributed by atoms with Crippen LogP contribution < -0.4 is 0 Å². The number of phenols is 1. The van der Waals surface area contributed by atoms with E-state index in [9.17, 15) is 13.5 Å². The smallest absolute Gasteiger partial charge is 0.218 e. The van der Waals surface area contributed by atoms with Gasteiger partial charge in [0.15, 0.2) is 0 Å². The lowest BCUT2D eigenvalue weighted by molar-refractivity contribution is 0.376. The fourth-order valence-corrected chi connectivity index (χ4v) is 4.86. The Kier molecular flexibility index (Phi) is 3.91. The van der Waals surface area contributed by atoms with E-state index < -0.39 is 10.0 Å². The van der Waals surface area contributed by atoms with E-state index in [4.69, 9.17) is 5.26 Å². The van der Waals surface area contributed by atoms with E-state index in [-0.39, 0.29) is 18.0 Å². The molecule has 0 fully saturated rings. The van der Waals surface area contributed by atoms with E-state index >= 15 is 0 Å². The summed E-state index contributed by atoms with van der Waals surface area (Å²) in [5.74, 6) is 0.0217. The topological polar surface area (TPSA) is 81.4 Å². The first-order valence-electron chi connectivity index (χ1n) is 6.74. The van der Waals surface area contributed by atoms with Gasteiger partial charge in [-0.15, -0.1) is 11.3 Å². The van der Waals surface area contributed by atoms with Gasteiger partial charge in [-0.3, -0.25) is 0 Å². The molecule has 114 valence electrons. The van der Waals surface area contributed by atoms with Crippen LogP contribution in [0.1, 0.15) is 21.6 Å². The summed E-state index contributed by atoms with van der Waals surface area (Å²) in [5, 5.41) is 20.4. The molecular formula is C15H14N2O3S2. The van der Waals surface area contributed by atoms with Crippen molar-refractivity contribution in [2.45, 2.75) is 18.7 Å². The summed E-state index contributed by atoms with van der Waals surface area (Å²) in [6.45, 7) is 0.605. The van der Waals surface area contributed by atoms with Crippen LogP contribution in [0.25, 0.3) is 0 Å². The van der Waals surface area contributed by atoms with Crippen LogP contribution in [0.3, 0.4) is 0 Å². The lowest BCUT2D eigenvalue weighted by Crippen LogP contribution is -2.36. The Morgan fingerprint density at radius 3 is 2.95 bits per heavy atom. The first-order valence-corrected chi connectivity index (χ1v) is 9.23. The van der Waals surface area contributed by atoms with Crippen molar-refractivity contribution in [3.63, 3.8) is 0 Å². The summed E-state index contributed by atoms with van der Waals surface area (Å²) in [7, 11) is -3.47. The lowest BCUT2D eigenvalue weighted by atomic mass is 10.0. The monoisotopic (exact) mass is 334 g/mol. The van der Waals surface area contributed by atoms with Crippen molar-refractivity contribution in [2.75, 3.05) is 6.54 Å². The van der Waals surface area contributed by atoms with Gasteiger partial charge in [-0.25, -0.2) is 8.42 Å². The second-order valence-electron chi connectivity index (χ2n) is 5.19. The minimum absolute atomic E-state index is 0.117. The molecular weight excluding hydrogens is 320 g/mol. The number of fused-ring (bicyclic) bond motifs is 1. The first kappa shape index (κ1) is 15.0. The van der Waals surface area contributed by atoms with Crippen molar-refractivity contribution >= 4 is 21.4 Å². The van der Waals surface area contributed by atoms with E-state index in [1.807, 2.05) is 12.1 Å². The number of thiophene rings is 1. The average molecular weight is 334 g/mol. The molecule has 0 amide bonds. The molecule has 1 aromatic heterocycles. The molecule has 2 aromatic rings. The van der Waals surface area contributed by atoms with Crippen molar-refractivity contribution < 1.29 is 13.5 Å². The Morgan fingerprint density at radius 2 is 2.23 bits per heavy atom. The number of hydrogen-bond acceptors (Lipinski definition) is 5. The molecule has 3 rings (SSSR count). The second kappa shape index (κ2) is 5.72. The van der Waals surface area contributed by atoms with Crippen molar-refractivity contribution in [1.82, 2.24) is 4.31 Å². The van der Waals surface area contributed by atoms with Gasteiger partial charge in [-0.1, -0.05) is 12.1 Å². The van der Waals surface area contributed by atoms with Crippen molar-refractivity contribution in [3.8, 4) is 11.8 Å². The van der Waals surface area contributed by atoms with E-state index in [1.165, 1.54) is 15.6 Å². The molecule has 1 N–H and O–H groups in total. The summed E-state index contributed by atoms with van der Waals surface area (Å²) >= 11 is 1.24. The maximum Gasteiger partial charge on any atom is 0.218 e. The molecule has 7 heteroatoms. The molecule has 0 unspecified atom stereocenters. The number of aromatic hydroxyl groups is 1. The fourth-order valence-electron chi connectivity index (χ4n) is 2.59. The van der Waals surface area contributed by atoms with Gasteiger partial charge in [0.1, 0.15) is 16.7 Å². The third-order valence-electron chi connectivity index (χ3n) is 3.72. The van der Waals surface area contributed by atoms with Crippen LogP contribution in [0, 0.1) is 11.3 Å². The highest BCUT2D eigenvalue weighted by Gasteiger charge is 2.28. The quantitative estimate of drug-likeness (QED) is 0.933. The summed E-state index contributed by atoms with van der Waals surface area (Å²) < 4.78 is 26.5. The van der Waals surface area contributed by atoms with Gasteiger partial charge in [-0.2, -0.15) is 9.57 Å². The Balaban J connectivity index is 1.82. The Hall–Kier alpha value is -1.88. The highest BCUT2D eigenvalue weighted by Crippen LogP contribution is 2.29. The lowest BCUT2D eigenvalue weighted by Gasteiger charge is -2.28. The molecule has 5 nitrogen and oxygen atoms in total. The predicted molar refractivity (Wildman–Crippen MR) is 83.9 cm³/mol. The van der Waals surface area contributed by atoms with Crippen LogP contribution >= 0.6 is 11.3 Å². The summed E-state index contributed by atoms with van der Waals surface area (Å²) in [4.78, 5) is 0.506. The molecule has 0 atom stereocenters. The van der Waals surface area contributed by atoms with E-state index in [1.54, 1.807) is 23.6 Å². The van der Waals surface area contributed by atoms with Gasteiger partial charge in [0.2, 0.25) is 10.0 Å². The second-order valence-corrected chi connectivity index (χ2v) is 8.07. The highest BCUT2D eigenvalue weighted by molar-refractivity contribution is 7.88. The standard InChI is InChI=1S/C15H14N2O3S2/c16-7-13-6-11(9-21-13)10-22(19,20)17-5-4-12-2-1-3-15(18)14(12)8-17/h1-3,6,9,18H,4-5,8,10H2. The number of phenolic OH excluding ortho intramolecular Hbond substituents is 1. The zero-order chi connectivity index (χ0) is 15.7. The molecule has 0 spiro atoms. The molecule has 0 saturated carbocycles. The number of hydrogen-bond donors (Lipinski definition) is 1. The minimum atomic E-state index is -3.47. The van der Waals surface area contributed by atoms with E-state index in [0.717, 1.165) is 5.56 Å². The van der Waals surface area contributed by atoms with Crippen LogP contribution in [-0.4, -0.2) is 24.4 Å². The molecule has 0 aliphatic carbocycles. The molecule has 0 bridgehead atoms. The summed E-state index contributed by atoms with van der Waals surface area (Å²) in [5.41, 5.74) is 2.30. The molecule has 2 heterocycles. The maximum absolute atomic E-state index is 12.5. The van der Waals surface area contributed by atoms with Crippen molar-refractivity contribution in [1.29, 1.82) is 5.26 Å². The van der Waals surface area contributed by atoms with Crippen molar-refractivity contribution in [3.05, 3.63) is 51.2 Å². The largest absolute Gasteiger partial charge is 0.508 e. The Bertz CT molecular complexity index is 850. The van der Waals surface area contributed by atoms with E-state index in [0.29, 0.717) is 29.0 Å². The number of nitrogens with zero attached hydrogens (tertiary/aromatic N) is 2. The molecule has 0 radical (unpaired) electrons. The predicted octanol–water partition coefficient (Wildman–Crippen LogP) is 2.21. The molecule has 22 heavy (non-hydrogen) atoms. The highest BCUT2D eigenvalue weighted by atomic mass is 32.2. The normalized spacial score (nSPS) is 15.2. The van der Waals surface area contributed by atoms with Crippen LogP contribution in [0.2, 0.25) is 0 Å². The minimum Gasteiger partial charge on any atom is -0.508 e. The Labute approximate surface area is 133 Å². The Morgan fingerprint density at radius 1 is 1.41 bits per heavy atom. The van der Waals surface area contributed by atoms with Crippen molar-refractivity contribution in [2.24, 2.45) is 0 Å². The van der Waals surface area contributed by atoms with Crippen LogP contribution in [-0.2, 0) is 28.7 Å². The van der Waals surface area contributed by atoms with Gasteiger partial charge >= 0.3 is 0 Å². The summed E-state index contributed by atoms with van der Waals surface area (Å²) in [6.07, 6.45) is 0.593. The van der Waals surface area contributed by atoms with Crippen LogP contribution in [0.5, 0.6) is 5.75 Å². The first-order chi connectivity index (χ1) is 10.5. The van der Waals surface area contributed by atoms with Gasteiger partial charge < -0.3 is 5.11 Å². The maximum atomic E-state index is 12.5. The molecule has 1 aliphatic rings. The van der Waals surface area contributed by atoms with Gasteiger partial charge in [-0.05, 0) is 35.1 Å². The number of nitriles is 1. The van der Waals surface area contributed by atoms with Crippen LogP contribution in [0.4, 0.5) is 0 Å². The number of sulfonamides is 1. The van der Waals surface area contributed by atoms with E-state index in [2.05, 4.69) is 0 Å². The van der Waals surface area contributed by atoms with Gasteiger partial charge in [0, 0.05) is 18.7 Å².